The Bertz CT molecular complexity index is 657. The molecule has 0 spiro atoms. The Hall–Kier alpha value is -2.08. The molecule has 0 unspecified atom stereocenters. The first-order valence-electron chi connectivity index (χ1n) is 5.12. The summed E-state index contributed by atoms with van der Waals surface area (Å²) in [7, 11) is -3.88. The molecule has 0 atom stereocenters. The third kappa shape index (κ3) is 2.60. The Morgan fingerprint density at radius 3 is 2.39 bits per heavy atom. The van der Waals surface area contributed by atoms with E-state index in [-0.39, 0.29) is 10.6 Å². The molecule has 2 rings (SSSR count). The van der Waals surface area contributed by atoms with Gasteiger partial charge in [-0.25, -0.2) is 12.8 Å². The summed E-state index contributed by atoms with van der Waals surface area (Å²) in [6.07, 6.45) is 0. The fourth-order valence-corrected chi connectivity index (χ4v) is 2.66. The Balaban J connectivity index is 2.40. The van der Waals surface area contributed by atoms with Crippen molar-refractivity contribution >= 4 is 21.4 Å². The molecule has 0 aliphatic carbocycles. The summed E-state index contributed by atoms with van der Waals surface area (Å²) < 4.78 is 39.4. The largest absolute Gasteiger partial charge is 0.398 e. The van der Waals surface area contributed by atoms with Crippen molar-refractivity contribution in [3.63, 3.8) is 0 Å². The molecule has 2 aromatic carbocycles. The molecular weight excluding hydrogens is 255 g/mol. The Morgan fingerprint density at radius 2 is 1.72 bits per heavy atom. The second-order valence-electron chi connectivity index (χ2n) is 3.65. The standard InChI is InChI=1S/C12H11FN2O2S/c13-9-6-7-11(14)12(8-9)18(16,17)15-10-4-2-1-3-5-10/h1-8,15H,14H2. The molecule has 0 aromatic heterocycles. The van der Waals surface area contributed by atoms with Gasteiger partial charge in [0.25, 0.3) is 10.0 Å². The minimum absolute atomic E-state index is 0.000156. The summed E-state index contributed by atoms with van der Waals surface area (Å²) in [6, 6.07) is 11.5. The molecular formula is C12H11FN2O2S. The zero-order valence-electron chi connectivity index (χ0n) is 9.30. The van der Waals surface area contributed by atoms with Gasteiger partial charge in [0.1, 0.15) is 10.7 Å². The monoisotopic (exact) mass is 266 g/mol. The number of benzene rings is 2. The summed E-state index contributed by atoms with van der Waals surface area (Å²) in [5.74, 6) is -0.655. The number of hydrogen-bond donors (Lipinski definition) is 2. The van der Waals surface area contributed by atoms with E-state index in [9.17, 15) is 12.8 Å². The van der Waals surface area contributed by atoms with E-state index in [4.69, 9.17) is 5.73 Å². The van der Waals surface area contributed by atoms with E-state index in [0.29, 0.717) is 5.69 Å². The number of nitrogens with two attached hydrogens (primary N) is 1. The van der Waals surface area contributed by atoms with Crippen LogP contribution in [0.2, 0.25) is 0 Å². The number of nitrogen functional groups attached to an aromatic ring is 1. The van der Waals surface area contributed by atoms with Gasteiger partial charge in [0.15, 0.2) is 0 Å². The normalized spacial score (nSPS) is 11.2. The molecule has 0 bridgehead atoms. The van der Waals surface area contributed by atoms with Crippen molar-refractivity contribution < 1.29 is 12.8 Å². The summed E-state index contributed by atoms with van der Waals surface area (Å²) in [5, 5.41) is 0. The molecule has 0 heterocycles. The molecule has 0 amide bonds. The molecule has 4 nitrogen and oxygen atoms in total. The maximum Gasteiger partial charge on any atom is 0.264 e. The van der Waals surface area contributed by atoms with E-state index >= 15 is 0 Å². The highest BCUT2D eigenvalue weighted by Gasteiger charge is 2.18. The number of hydrogen-bond acceptors (Lipinski definition) is 3. The van der Waals surface area contributed by atoms with Gasteiger partial charge in [-0.2, -0.15) is 0 Å². The van der Waals surface area contributed by atoms with Gasteiger partial charge in [0, 0.05) is 5.69 Å². The number of nitrogens with one attached hydrogen (secondary N) is 1. The van der Waals surface area contributed by atoms with Gasteiger partial charge in [-0.3, -0.25) is 4.72 Å². The van der Waals surface area contributed by atoms with Crippen LogP contribution in [0.3, 0.4) is 0 Å². The number of anilines is 2. The molecule has 0 aliphatic heterocycles. The molecule has 94 valence electrons. The molecule has 3 N–H and O–H groups in total. The highest BCUT2D eigenvalue weighted by molar-refractivity contribution is 7.92. The molecule has 6 heteroatoms. The van der Waals surface area contributed by atoms with Crippen LogP contribution >= 0.6 is 0 Å². The molecule has 18 heavy (non-hydrogen) atoms. The molecule has 0 saturated carbocycles. The van der Waals surface area contributed by atoms with E-state index in [2.05, 4.69) is 4.72 Å². The van der Waals surface area contributed by atoms with Crippen LogP contribution in [0.5, 0.6) is 0 Å². The lowest BCUT2D eigenvalue weighted by Crippen LogP contribution is -2.15. The van der Waals surface area contributed by atoms with E-state index in [1.54, 1.807) is 30.3 Å². The summed E-state index contributed by atoms with van der Waals surface area (Å²) >= 11 is 0. The van der Waals surface area contributed by atoms with Gasteiger partial charge in [0.05, 0.1) is 5.69 Å². The fourth-order valence-electron chi connectivity index (χ4n) is 1.46. The van der Waals surface area contributed by atoms with Crippen LogP contribution in [-0.2, 0) is 10.0 Å². The quantitative estimate of drug-likeness (QED) is 0.837. The smallest absolute Gasteiger partial charge is 0.264 e. The van der Waals surface area contributed by atoms with E-state index in [0.717, 1.165) is 12.1 Å². The second kappa shape index (κ2) is 4.66. The first-order chi connectivity index (χ1) is 8.49. The first kappa shape index (κ1) is 12.4. The minimum atomic E-state index is -3.88. The Morgan fingerprint density at radius 1 is 1.06 bits per heavy atom. The van der Waals surface area contributed by atoms with Gasteiger partial charge < -0.3 is 5.73 Å². The average Bonchev–Trinajstić information content (AvgIpc) is 2.33. The van der Waals surface area contributed by atoms with Gasteiger partial charge in [-0.1, -0.05) is 18.2 Å². The zero-order valence-corrected chi connectivity index (χ0v) is 10.1. The van der Waals surface area contributed by atoms with E-state index in [1.807, 2.05) is 0 Å². The minimum Gasteiger partial charge on any atom is -0.398 e. The molecule has 0 aliphatic rings. The van der Waals surface area contributed by atoms with Crippen LogP contribution in [0.25, 0.3) is 0 Å². The van der Waals surface area contributed by atoms with Crippen molar-refractivity contribution in [2.24, 2.45) is 0 Å². The molecule has 0 radical (unpaired) electrons. The first-order valence-corrected chi connectivity index (χ1v) is 6.60. The van der Waals surface area contributed by atoms with Crippen LogP contribution < -0.4 is 10.5 Å². The van der Waals surface area contributed by atoms with Crippen molar-refractivity contribution in [2.75, 3.05) is 10.5 Å². The molecule has 0 saturated heterocycles. The van der Waals surface area contributed by atoms with Crippen LogP contribution in [-0.4, -0.2) is 8.42 Å². The molecule has 2 aromatic rings. The van der Waals surface area contributed by atoms with Gasteiger partial charge >= 0.3 is 0 Å². The van der Waals surface area contributed by atoms with Crippen molar-refractivity contribution in [3.8, 4) is 0 Å². The third-order valence-corrected chi connectivity index (χ3v) is 3.73. The Labute approximate surface area is 104 Å². The average molecular weight is 266 g/mol. The van der Waals surface area contributed by atoms with Crippen LogP contribution in [0.1, 0.15) is 0 Å². The highest BCUT2D eigenvalue weighted by atomic mass is 32.2. The highest BCUT2D eigenvalue weighted by Crippen LogP contribution is 2.22. The third-order valence-electron chi connectivity index (χ3n) is 2.29. The SMILES string of the molecule is Nc1ccc(F)cc1S(=O)(=O)Nc1ccccc1. The summed E-state index contributed by atoms with van der Waals surface area (Å²) in [4.78, 5) is -0.272. The predicted octanol–water partition coefficient (Wildman–Crippen LogP) is 2.21. The van der Waals surface area contributed by atoms with Crippen LogP contribution in [0.4, 0.5) is 15.8 Å². The lowest BCUT2D eigenvalue weighted by molar-refractivity contribution is 0.596. The summed E-state index contributed by atoms with van der Waals surface area (Å²) in [6.45, 7) is 0. The van der Waals surface area contributed by atoms with E-state index in [1.165, 1.54) is 6.07 Å². The Kier molecular flexibility index (Phi) is 3.20. The predicted molar refractivity (Wildman–Crippen MR) is 68.1 cm³/mol. The van der Waals surface area contributed by atoms with Crippen molar-refractivity contribution in [2.45, 2.75) is 4.90 Å². The topological polar surface area (TPSA) is 72.2 Å². The van der Waals surface area contributed by atoms with Crippen LogP contribution in [0.15, 0.2) is 53.4 Å². The number of sulfonamides is 1. The van der Waals surface area contributed by atoms with Crippen LogP contribution in [0, 0.1) is 5.82 Å². The van der Waals surface area contributed by atoms with Gasteiger partial charge in [-0.15, -0.1) is 0 Å². The van der Waals surface area contributed by atoms with Crippen molar-refractivity contribution in [1.29, 1.82) is 0 Å². The van der Waals surface area contributed by atoms with Crippen molar-refractivity contribution in [3.05, 3.63) is 54.3 Å². The lowest BCUT2D eigenvalue weighted by Gasteiger charge is -2.09. The number of para-hydroxylation sites is 1. The number of rotatable bonds is 3. The summed E-state index contributed by atoms with van der Waals surface area (Å²) in [5.41, 5.74) is 5.93. The number of halogens is 1. The zero-order chi connectivity index (χ0) is 13.2. The van der Waals surface area contributed by atoms with Gasteiger partial charge in [0.2, 0.25) is 0 Å². The van der Waals surface area contributed by atoms with Gasteiger partial charge in [-0.05, 0) is 30.3 Å². The maximum absolute atomic E-state index is 13.1. The van der Waals surface area contributed by atoms with E-state index < -0.39 is 15.8 Å². The lowest BCUT2D eigenvalue weighted by atomic mass is 10.3. The maximum atomic E-state index is 13.1. The van der Waals surface area contributed by atoms with Crippen molar-refractivity contribution in [1.82, 2.24) is 0 Å². The molecule has 0 fully saturated rings. The fraction of sp³-hybridized carbons (Fsp3) is 0. The second-order valence-corrected chi connectivity index (χ2v) is 5.30.